The zero-order valence-electron chi connectivity index (χ0n) is 14.0. The van der Waals surface area contributed by atoms with Gasteiger partial charge in [-0.1, -0.05) is 6.42 Å². The normalized spacial score (nSPS) is 19.6. The zero-order chi connectivity index (χ0) is 20.0. The first-order valence-corrected chi connectivity index (χ1v) is 8.10. The number of nitro benzene ring substituents is 1. The van der Waals surface area contributed by atoms with Crippen LogP contribution in [0.5, 0.6) is 0 Å². The van der Waals surface area contributed by atoms with Crippen LogP contribution in [0.25, 0.3) is 0 Å². The third-order valence-electron chi connectivity index (χ3n) is 4.66. The fraction of sp³-hybridized carbons (Fsp3) is 0.467. The van der Waals surface area contributed by atoms with E-state index in [2.05, 4.69) is 9.98 Å². The lowest BCUT2D eigenvalue weighted by molar-refractivity contribution is -0.384. The molecule has 8 nitrogen and oxygen atoms in total. The van der Waals surface area contributed by atoms with E-state index >= 15 is 0 Å². The summed E-state index contributed by atoms with van der Waals surface area (Å²) in [5, 5.41) is 11.4. The van der Waals surface area contributed by atoms with Crippen molar-refractivity contribution in [2.24, 2.45) is 21.5 Å². The van der Waals surface area contributed by atoms with E-state index in [1.807, 2.05) is 0 Å². The molecule has 146 valence electrons. The number of aliphatic imine (C=N–C) groups is 2. The minimum atomic E-state index is -5.08. The number of anilines is 1. The Kier molecular flexibility index (Phi) is 4.44. The smallest absolute Gasteiger partial charge is 0.369 e. The lowest BCUT2D eigenvalue weighted by Gasteiger charge is -2.45. The quantitative estimate of drug-likeness (QED) is 0.458. The van der Waals surface area contributed by atoms with Gasteiger partial charge in [-0.2, -0.15) is 18.2 Å². The molecule has 1 fully saturated rings. The summed E-state index contributed by atoms with van der Waals surface area (Å²) in [4.78, 5) is 19.6. The maximum atomic E-state index is 14.2. The van der Waals surface area contributed by atoms with Crippen molar-refractivity contribution >= 4 is 23.3 Å². The summed E-state index contributed by atoms with van der Waals surface area (Å²) in [6.45, 7) is 0. The number of nitrogens with zero attached hydrogens (tertiary/aromatic N) is 4. The number of nitro groups is 1. The molecular weight excluding hydrogens is 372 g/mol. The second kappa shape index (κ2) is 6.35. The van der Waals surface area contributed by atoms with Crippen molar-refractivity contribution < 1.29 is 22.5 Å². The molecule has 4 N–H and O–H groups in total. The van der Waals surface area contributed by atoms with E-state index in [0.29, 0.717) is 31.7 Å². The summed E-state index contributed by atoms with van der Waals surface area (Å²) >= 11 is 0. The summed E-state index contributed by atoms with van der Waals surface area (Å²) in [6, 6.07) is 0.618. The predicted molar refractivity (Wildman–Crippen MR) is 89.6 cm³/mol. The van der Waals surface area contributed by atoms with Crippen LogP contribution in [0.3, 0.4) is 0 Å². The van der Waals surface area contributed by atoms with E-state index < -0.39 is 39.5 Å². The van der Waals surface area contributed by atoms with Gasteiger partial charge in [-0.05, 0) is 25.7 Å². The van der Waals surface area contributed by atoms with Gasteiger partial charge in [0.2, 0.25) is 11.9 Å². The fourth-order valence-corrected chi connectivity index (χ4v) is 3.56. The number of alkyl halides is 3. The van der Waals surface area contributed by atoms with Crippen LogP contribution < -0.4 is 16.4 Å². The molecule has 0 amide bonds. The van der Waals surface area contributed by atoms with Crippen molar-refractivity contribution in [3.05, 3.63) is 33.6 Å². The van der Waals surface area contributed by atoms with Gasteiger partial charge in [-0.15, -0.1) is 0 Å². The number of benzene rings is 1. The Balaban J connectivity index is 2.23. The van der Waals surface area contributed by atoms with Crippen molar-refractivity contribution in [2.45, 2.75) is 43.9 Å². The Bertz CT molecular complexity index is 845. The highest BCUT2D eigenvalue weighted by atomic mass is 19.4. The summed E-state index contributed by atoms with van der Waals surface area (Å²) in [6.07, 6.45) is -2.03. The summed E-state index contributed by atoms with van der Waals surface area (Å²) in [5.41, 5.74) is 7.32. The summed E-state index contributed by atoms with van der Waals surface area (Å²) in [7, 11) is 0. The van der Waals surface area contributed by atoms with Gasteiger partial charge >= 0.3 is 6.18 Å². The molecule has 27 heavy (non-hydrogen) atoms. The monoisotopic (exact) mass is 388 g/mol. The van der Waals surface area contributed by atoms with Gasteiger partial charge in [0.05, 0.1) is 10.5 Å². The van der Waals surface area contributed by atoms with E-state index in [-0.39, 0.29) is 18.0 Å². The number of halogens is 4. The van der Waals surface area contributed by atoms with E-state index in [9.17, 15) is 27.7 Å². The van der Waals surface area contributed by atoms with Crippen molar-refractivity contribution in [2.75, 3.05) is 4.90 Å². The molecule has 1 aliphatic heterocycles. The van der Waals surface area contributed by atoms with Crippen LogP contribution in [-0.4, -0.2) is 22.5 Å². The van der Waals surface area contributed by atoms with Crippen LogP contribution in [0.15, 0.2) is 22.1 Å². The number of guanidine groups is 2. The highest BCUT2D eigenvalue weighted by Crippen LogP contribution is 2.45. The first-order chi connectivity index (χ1) is 12.5. The van der Waals surface area contributed by atoms with E-state index in [1.54, 1.807) is 0 Å². The maximum absolute atomic E-state index is 14.2. The van der Waals surface area contributed by atoms with E-state index in [4.69, 9.17) is 11.5 Å². The van der Waals surface area contributed by atoms with Gasteiger partial charge in [0.15, 0.2) is 0 Å². The third kappa shape index (κ3) is 3.26. The zero-order valence-corrected chi connectivity index (χ0v) is 14.0. The van der Waals surface area contributed by atoms with Crippen molar-refractivity contribution in [1.82, 2.24) is 0 Å². The maximum Gasteiger partial charge on any atom is 0.419 e. The Labute approximate surface area is 150 Å². The minimum Gasteiger partial charge on any atom is -0.369 e. The molecule has 1 spiro atoms. The highest BCUT2D eigenvalue weighted by Gasteiger charge is 2.46. The van der Waals surface area contributed by atoms with Crippen LogP contribution in [0, 0.1) is 15.9 Å². The predicted octanol–water partition coefficient (Wildman–Crippen LogP) is 2.86. The van der Waals surface area contributed by atoms with Gasteiger partial charge < -0.3 is 11.5 Å². The summed E-state index contributed by atoms with van der Waals surface area (Å²) in [5.74, 6) is -2.07. The van der Waals surface area contributed by atoms with Crippen LogP contribution in [0.4, 0.5) is 28.9 Å². The minimum absolute atomic E-state index is 0.138. The van der Waals surface area contributed by atoms with Crippen molar-refractivity contribution in [1.29, 1.82) is 0 Å². The number of rotatable bonds is 2. The molecule has 0 atom stereocenters. The van der Waals surface area contributed by atoms with E-state index in [1.165, 1.54) is 0 Å². The molecular formula is C15H16F4N6O2. The molecule has 0 bridgehead atoms. The number of nitrogens with two attached hydrogens (primary N) is 2. The lowest BCUT2D eigenvalue weighted by atomic mass is 9.87. The van der Waals surface area contributed by atoms with Crippen molar-refractivity contribution in [3.8, 4) is 0 Å². The molecule has 1 heterocycles. The summed E-state index contributed by atoms with van der Waals surface area (Å²) < 4.78 is 53.1. The molecule has 0 aromatic heterocycles. The molecule has 0 radical (unpaired) electrons. The Morgan fingerprint density at radius 1 is 1.19 bits per heavy atom. The molecule has 0 unspecified atom stereocenters. The second-order valence-electron chi connectivity index (χ2n) is 6.39. The van der Waals surface area contributed by atoms with Crippen molar-refractivity contribution in [3.63, 3.8) is 0 Å². The molecule has 1 aromatic carbocycles. The molecule has 2 aliphatic rings. The molecule has 0 saturated heterocycles. The van der Waals surface area contributed by atoms with Gasteiger partial charge in [-0.3, -0.25) is 15.0 Å². The van der Waals surface area contributed by atoms with Gasteiger partial charge in [0, 0.05) is 12.1 Å². The van der Waals surface area contributed by atoms with E-state index in [0.717, 1.165) is 11.3 Å². The second-order valence-corrected chi connectivity index (χ2v) is 6.39. The van der Waals surface area contributed by atoms with Gasteiger partial charge in [0.25, 0.3) is 5.69 Å². The Morgan fingerprint density at radius 2 is 1.81 bits per heavy atom. The fourth-order valence-electron chi connectivity index (χ4n) is 3.56. The Hall–Kier alpha value is -2.92. The first-order valence-electron chi connectivity index (χ1n) is 8.10. The van der Waals surface area contributed by atoms with Crippen LogP contribution in [0.1, 0.15) is 37.7 Å². The topological polar surface area (TPSA) is 123 Å². The molecule has 1 aliphatic carbocycles. The first kappa shape index (κ1) is 18.9. The number of hydrogen-bond acceptors (Lipinski definition) is 7. The molecule has 12 heteroatoms. The molecule has 1 saturated carbocycles. The average molecular weight is 388 g/mol. The highest BCUT2D eigenvalue weighted by molar-refractivity contribution is 6.06. The SMILES string of the molecule is NC1=NC2(CCCCC2)N(c2cc(F)c(C(F)(F)F)cc2[N+](=O)[O-])C(N)=N1. The standard InChI is InChI=1S/C15H16F4N6O2/c16-9-7-10(11(25(26)27)6-8(9)15(17,18)19)24-13(21)22-12(20)23-14(24)4-2-1-3-5-14/h6-7H,1-5H2,(H4,20,21,22,23). The van der Waals surface area contributed by atoms with Crippen LogP contribution >= 0.6 is 0 Å². The van der Waals surface area contributed by atoms with Crippen LogP contribution in [0.2, 0.25) is 0 Å². The third-order valence-corrected chi connectivity index (χ3v) is 4.66. The Morgan fingerprint density at radius 3 is 2.37 bits per heavy atom. The number of hydrogen-bond donors (Lipinski definition) is 2. The lowest BCUT2D eigenvalue weighted by Crippen LogP contribution is -2.58. The average Bonchev–Trinajstić information content (AvgIpc) is 2.53. The van der Waals surface area contributed by atoms with Gasteiger partial charge in [0.1, 0.15) is 17.2 Å². The molecule has 3 rings (SSSR count). The largest absolute Gasteiger partial charge is 0.419 e. The van der Waals surface area contributed by atoms with Gasteiger partial charge in [-0.25, -0.2) is 9.38 Å². The van der Waals surface area contributed by atoms with Crippen LogP contribution in [-0.2, 0) is 6.18 Å². The molecule has 1 aromatic rings.